The fraction of sp³-hybridized carbons (Fsp3) is 0.727. The Hall–Kier alpha value is -0.640. The summed E-state index contributed by atoms with van der Waals surface area (Å²) in [6.45, 7) is 0. The highest BCUT2D eigenvalue weighted by Crippen LogP contribution is 2.29. The first-order valence-corrected chi connectivity index (χ1v) is 7.03. The van der Waals surface area contributed by atoms with E-state index in [9.17, 15) is 4.21 Å². The van der Waals surface area contributed by atoms with E-state index in [1.165, 1.54) is 5.57 Å². The third kappa shape index (κ3) is 2.68. The zero-order valence-electron chi connectivity index (χ0n) is 8.87. The van der Waals surface area contributed by atoms with Crippen molar-refractivity contribution < 1.29 is 9.42 Å². The van der Waals surface area contributed by atoms with E-state index >= 15 is 0 Å². The van der Waals surface area contributed by atoms with E-state index in [0.29, 0.717) is 0 Å². The predicted molar refractivity (Wildman–Crippen MR) is 61.8 cm³/mol. The number of oxime groups is 1. The summed E-state index contributed by atoms with van der Waals surface area (Å²) in [6.07, 6.45) is 5.93. The Morgan fingerprint density at radius 1 is 0.933 bits per heavy atom. The van der Waals surface area contributed by atoms with Gasteiger partial charge in [0.05, 0.1) is 5.71 Å². The van der Waals surface area contributed by atoms with E-state index in [0.717, 1.165) is 55.7 Å². The molecule has 4 heteroatoms. The molecular weight excluding hydrogens is 210 g/mol. The van der Waals surface area contributed by atoms with Crippen molar-refractivity contribution in [2.75, 3.05) is 11.5 Å². The molecule has 2 rings (SSSR count). The molecule has 1 aliphatic heterocycles. The Labute approximate surface area is 92.7 Å². The van der Waals surface area contributed by atoms with Crippen LogP contribution in [0.1, 0.15) is 38.5 Å². The van der Waals surface area contributed by atoms with Crippen molar-refractivity contribution in [3.8, 4) is 0 Å². The second-order valence-electron chi connectivity index (χ2n) is 4.22. The van der Waals surface area contributed by atoms with Crippen LogP contribution in [-0.4, -0.2) is 26.6 Å². The van der Waals surface area contributed by atoms with Crippen LogP contribution < -0.4 is 0 Å². The average Bonchev–Trinajstić information content (AvgIpc) is 2.30. The van der Waals surface area contributed by atoms with Gasteiger partial charge in [0, 0.05) is 22.3 Å². The van der Waals surface area contributed by atoms with Gasteiger partial charge >= 0.3 is 0 Å². The quantitative estimate of drug-likeness (QED) is 0.392. The van der Waals surface area contributed by atoms with Gasteiger partial charge in [0.15, 0.2) is 0 Å². The zero-order valence-corrected chi connectivity index (χ0v) is 9.68. The molecule has 1 aliphatic carbocycles. The smallest absolute Gasteiger partial charge is 0.0577 e. The number of hydrogen-bond acceptors (Lipinski definition) is 3. The molecule has 15 heavy (non-hydrogen) atoms. The molecule has 1 saturated heterocycles. The lowest BCUT2D eigenvalue weighted by atomic mass is 9.88. The molecule has 0 atom stereocenters. The summed E-state index contributed by atoms with van der Waals surface area (Å²) in [5.41, 5.74) is 4.00. The molecule has 1 heterocycles. The van der Waals surface area contributed by atoms with Gasteiger partial charge in [-0.1, -0.05) is 16.3 Å². The number of nitrogens with zero attached hydrogens (tertiary/aromatic N) is 1. The number of hydrogen-bond donors (Lipinski definition) is 1. The van der Waals surface area contributed by atoms with Gasteiger partial charge in [0.25, 0.3) is 0 Å². The van der Waals surface area contributed by atoms with Crippen LogP contribution in [0.15, 0.2) is 16.3 Å². The molecule has 1 saturated carbocycles. The number of rotatable bonds is 0. The van der Waals surface area contributed by atoms with Crippen LogP contribution in [0, 0.1) is 0 Å². The predicted octanol–water partition coefficient (Wildman–Crippen LogP) is 2.23. The van der Waals surface area contributed by atoms with E-state index in [-0.39, 0.29) is 0 Å². The van der Waals surface area contributed by atoms with Crippen molar-refractivity contribution in [1.29, 1.82) is 0 Å². The second-order valence-corrected chi connectivity index (χ2v) is 5.92. The summed E-state index contributed by atoms with van der Waals surface area (Å²) in [5.74, 6) is 1.69. The maximum absolute atomic E-state index is 11.2. The highest BCUT2D eigenvalue weighted by molar-refractivity contribution is 7.85. The Morgan fingerprint density at radius 3 is 2.00 bits per heavy atom. The van der Waals surface area contributed by atoms with E-state index < -0.39 is 10.8 Å². The highest BCUT2D eigenvalue weighted by atomic mass is 32.2. The van der Waals surface area contributed by atoms with Gasteiger partial charge in [-0.2, -0.15) is 0 Å². The molecule has 0 radical (unpaired) electrons. The van der Waals surface area contributed by atoms with Crippen LogP contribution in [0.4, 0.5) is 0 Å². The molecule has 2 fully saturated rings. The van der Waals surface area contributed by atoms with Gasteiger partial charge in [-0.05, 0) is 38.5 Å². The van der Waals surface area contributed by atoms with Crippen molar-refractivity contribution >= 4 is 16.5 Å². The summed E-state index contributed by atoms with van der Waals surface area (Å²) < 4.78 is 11.2. The van der Waals surface area contributed by atoms with Crippen LogP contribution in [0.2, 0.25) is 0 Å². The van der Waals surface area contributed by atoms with Crippen LogP contribution in [0.25, 0.3) is 0 Å². The number of allylic oxidation sites excluding steroid dienone is 2. The Morgan fingerprint density at radius 2 is 1.47 bits per heavy atom. The third-order valence-corrected chi connectivity index (χ3v) is 4.65. The minimum absolute atomic E-state index is 0.572. The summed E-state index contributed by atoms with van der Waals surface area (Å²) in [5, 5.41) is 11.9. The molecule has 0 amide bonds. The average molecular weight is 227 g/mol. The van der Waals surface area contributed by atoms with Gasteiger partial charge in [0.2, 0.25) is 0 Å². The maximum atomic E-state index is 11.2. The Bertz CT molecular complexity index is 309. The van der Waals surface area contributed by atoms with Crippen molar-refractivity contribution in [1.82, 2.24) is 0 Å². The van der Waals surface area contributed by atoms with Crippen molar-refractivity contribution in [3.63, 3.8) is 0 Å². The molecule has 0 spiro atoms. The molecule has 2 aliphatic rings. The largest absolute Gasteiger partial charge is 0.411 e. The zero-order chi connectivity index (χ0) is 10.7. The third-order valence-electron chi connectivity index (χ3n) is 3.34. The molecule has 0 aromatic carbocycles. The molecule has 0 aromatic rings. The van der Waals surface area contributed by atoms with Crippen LogP contribution in [-0.2, 0) is 10.8 Å². The minimum atomic E-state index is -0.572. The molecule has 0 bridgehead atoms. The van der Waals surface area contributed by atoms with Crippen LogP contribution in [0.3, 0.4) is 0 Å². The van der Waals surface area contributed by atoms with Crippen molar-refractivity contribution in [3.05, 3.63) is 11.1 Å². The summed E-state index contributed by atoms with van der Waals surface area (Å²) in [7, 11) is -0.572. The molecule has 3 nitrogen and oxygen atoms in total. The first-order valence-electron chi connectivity index (χ1n) is 5.54. The lowest BCUT2D eigenvalue weighted by molar-refractivity contribution is 0.315. The van der Waals surface area contributed by atoms with E-state index in [1.807, 2.05) is 0 Å². The summed E-state index contributed by atoms with van der Waals surface area (Å²) in [4.78, 5) is 0. The molecule has 84 valence electrons. The van der Waals surface area contributed by atoms with Crippen molar-refractivity contribution in [2.45, 2.75) is 38.5 Å². The molecule has 0 unspecified atom stereocenters. The topological polar surface area (TPSA) is 49.7 Å². The van der Waals surface area contributed by atoms with Gasteiger partial charge in [-0.3, -0.25) is 4.21 Å². The fourth-order valence-electron chi connectivity index (χ4n) is 2.35. The molecule has 1 N–H and O–H groups in total. The first kappa shape index (κ1) is 10.9. The van der Waals surface area contributed by atoms with Gasteiger partial charge < -0.3 is 5.21 Å². The second kappa shape index (κ2) is 4.92. The standard InChI is InChI=1S/C11H17NO2S/c13-12-11-3-1-9(2-4-11)10-5-7-15(14)8-6-10/h13H,1-8H2. The Balaban J connectivity index is 1.99. The van der Waals surface area contributed by atoms with E-state index in [1.54, 1.807) is 5.57 Å². The Kier molecular flexibility index (Phi) is 3.57. The maximum Gasteiger partial charge on any atom is 0.0577 e. The monoisotopic (exact) mass is 227 g/mol. The van der Waals surface area contributed by atoms with Gasteiger partial charge in [-0.15, -0.1) is 0 Å². The normalized spacial score (nSPS) is 28.0. The summed E-state index contributed by atoms with van der Waals surface area (Å²) in [6, 6.07) is 0. The van der Waals surface area contributed by atoms with Crippen LogP contribution in [0.5, 0.6) is 0 Å². The van der Waals surface area contributed by atoms with Crippen molar-refractivity contribution in [2.24, 2.45) is 5.16 Å². The van der Waals surface area contributed by atoms with Gasteiger partial charge in [-0.25, -0.2) is 0 Å². The lowest BCUT2D eigenvalue weighted by Gasteiger charge is -2.22. The van der Waals surface area contributed by atoms with Gasteiger partial charge in [0.1, 0.15) is 0 Å². The lowest BCUT2D eigenvalue weighted by Crippen LogP contribution is -2.15. The van der Waals surface area contributed by atoms with E-state index in [2.05, 4.69) is 5.16 Å². The first-order chi connectivity index (χ1) is 7.29. The fourth-order valence-corrected chi connectivity index (χ4v) is 3.50. The van der Waals surface area contributed by atoms with E-state index in [4.69, 9.17) is 5.21 Å². The SMILES string of the molecule is O=S1CCC(=C2CCC(=NO)CC2)CC1. The highest BCUT2D eigenvalue weighted by Gasteiger charge is 2.19. The summed E-state index contributed by atoms with van der Waals surface area (Å²) >= 11 is 0. The molecule has 0 aromatic heterocycles. The van der Waals surface area contributed by atoms with Crippen LogP contribution >= 0.6 is 0 Å². The molecular formula is C11H17NO2S. The minimum Gasteiger partial charge on any atom is -0.411 e.